The van der Waals surface area contributed by atoms with Gasteiger partial charge in [-0.05, 0) is 24.3 Å². The van der Waals surface area contributed by atoms with Gasteiger partial charge in [0.15, 0.2) is 0 Å². The molecule has 0 aliphatic carbocycles. The number of benzene rings is 1. The molecule has 2 saturated heterocycles. The Bertz CT molecular complexity index is 739. The van der Waals surface area contributed by atoms with Crippen LogP contribution in [0.25, 0.3) is 0 Å². The second-order valence-electron chi connectivity index (χ2n) is 7.41. The van der Waals surface area contributed by atoms with Crippen LogP contribution < -0.4 is 10.6 Å². The van der Waals surface area contributed by atoms with Gasteiger partial charge in [0, 0.05) is 69.4 Å². The topological polar surface area (TPSA) is 85.0 Å². The molecule has 0 aromatic heterocycles. The maximum Gasteiger partial charge on any atom is 0.321 e. The van der Waals surface area contributed by atoms with E-state index in [2.05, 4.69) is 10.6 Å². The lowest BCUT2D eigenvalue weighted by Crippen LogP contribution is -2.47. The molecule has 1 aromatic carbocycles. The molecule has 1 unspecified atom stereocenters. The number of carbonyl (C=O) groups is 3. The molecule has 2 fully saturated rings. The molecule has 0 radical (unpaired) electrons. The maximum atomic E-state index is 12.8. The first-order chi connectivity index (χ1) is 12.8. The molecule has 5 amide bonds. The average Bonchev–Trinajstić information content (AvgIpc) is 2.87. The van der Waals surface area contributed by atoms with Gasteiger partial charge in [0.1, 0.15) is 0 Å². The van der Waals surface area contributed by atoms with Crippen LogP contribution in [0.4, 0.5) is 15.3 Å². The van der Waals surface area contributed by atoms with Crippen molar-refractivity contribution in [3.63, 3.8) is 0 Å². The minimum Gasteiger partial charge on any atom is -0.355 e. The van der Waals surface area contributed by atoms with E-state index in [9.17, 15) is 14.4 Å². The van der Waals surface area contributed by atoms with Gasteiger partial charge in [0.2, 0.25) is 5.91 Å². The number of halogens is 1. The zero-order valence-corrected chi connectivity index (χ0v) is 16.3. The molecule has 146 valence electrons. The maximum absolute atomic E-state index is 12.8. The van der Waals surface area contributed by atoms with Crippen molar-refractivity contribution in [1.29, 1.82) is 0 Å². The molecule has 3 rings (SSSR count). The van der Waals surface area contributed by atoms with E-state index in [1.54, 1.807) is 48.2 Å². The highest BCUT2D eigenvalue weighted by Crippen LogP contribution is 2.31. The van der Waals surface area contributed by atoms with E-state index in [1.807, 2.05) is 0 Å². The van der Waals surface area contributed by atoms with Gasteiger partial charge in [-0.25, -0.2) is 9.59 Å². The normalized spacial score (nSPS) is 22.4. The first kappa shape index (κ1) is 19.3. The summed E-state index contributed by atoms with van der Waals surface area (Å²) < 4.78 is 0. The third-order valence-electron chi connectivity index (χ3n) is 4.92. The van der Waals surface area contributed by atoms with Crippen molar-refractivity contribution < 1.29 is 14.4 Å². The number of hydrogen-bond acceptors (Lipinski definition) is 3. The molecule has 0 bridgehead atoms. The minimum atomic E-state index is -0.476. The SMILES string of the molecule is CN(C)C(=O)N1CCN(C(=O)Nc2ccc(Cl)cc2)CC2(CNC(=O)C2)C1. The van der Waals surface area contributed by atoms with E-state index in [4.69, 9.17) is 11.6 Å². The van der Waals surface area contributed by atoms with E-state index in [0.717, 1.165) is 0 Å². The zero-order chi connectivity index (χ0) is 19.6. The summed E-state index contributed by atoms with van der Waals surface area (Å²) >= 11 is 5.88. The summed E-state index contributed by atoms with van der Waals surface area (Å²) in [5, 5.41) is 6.30. The lowest BCUT2D eigenvalue weighted by molar-refractivity contribution is -0.119. The molecule has 27 heavy (non-hydrogen) atoms. The van der Waals surface area contributed by atoms with E-state index >= 15 is 0 Å². The number of nitrogens with one attached hydrogen (secondary N) is 2. The molecule has 8 nitrogen and oxygen atoms in total. The van der Waals surface area contributed by atoms with Crippen LogP contribution in [0.1, 0.15) is 6.42 Å². The van der Waals surface area contributed by atoms with Gasteiger partial charge in [0.25, 0.3) is 0 Å². The highest BCUT2D eigenvalue weighted by Gasteiger charge is 2.45. The van der Waals surface area contributed by atoms with E-state index in [0.29, 0.717) is 49.9 Å². The Morgan fingerprint density at radius 2 is 1.78 bits per heavy atom. The predicted octanol–water partition coefficient (Wildman–Crippen LogP) is 1.68. The lowest BCUT2D eigenvalue weighted by atomic mass is 9.86. The van der Waals surface area contributed by atoms with Gasteiger partial charge in [0.05, 0.1) is 0 Å². The fourth-order valence-corrected chi connectivity index (χ4v) is 3.72. The lowest BCUT2D eigenvalue weighted by Gasteiger charge is -2.33. The van der Waals surface area contributed by atoms with Crippen molar-refractivity contribution in [2.45, 2.75) is 6.42 Å². The fourth-order valence-electron chi connectivity index (χ4n) is 3.59. The highest BCUT2D eigenvalue weighted by molar-refractivity contribution is 6.30. The van der Waals surface area contributed by atoms with Crippen LogP contribution in [0.5, 0.6) is 0 Å². The third kappa shape index (κ3) is 4.44. The average molecular weight is 394 g/mol. The minimum absolute atomic E-state index is 0.0489. The quantitative estimate of drug-likeness (QED) is 0.761. The van der Waals surface area contributed by atoms with E-state index in [-0.39, 0.29) is 18.0 Å². The number of anilines is 1. The fraction of sp³-hybridized carbons (Fsp3) is 0.500. The molecular formula is C18H24ClN5O3. The van der Waals surface area contributed by atoms with Gasteiger partial charge in [-0.15, -0.1) is 0 Å². The summed E-state index contributed by atoms with van der Waals surface area (Å²) in [6.45, 7) is 2.11. The number of carbonyl (C=O) groups excluding carboxylic acids is 3. The second kappa shape index (κ2) is 7.64. The highest BCUT2D eigenvalue weighted by atomic mass is 35.5. The zero-order valence-electron chi connectivity index (χ0n) is 15.5. The van der Waals surface area contributed by atoms with Crippen LogP contribution in [0.2, 0.25) is 5.02 Å². The number of rotatable bonds is 1. The number of hydrogen-bond donors (Lipinski definition) is 2. The van der Waals surface area contributed by atoms with Crippen molar-refractivity contribution in [1.82, 2.24) is 20.0 Å². The monoisotopic (exact) mass is 393 g/mol. The second-order valence-corrected chi connectivity index (χ2v) is 7.85. The Morgan fingerprint density at radius 1 is 1.15 bits per heavy atom. The first-order valence-electron chi connectivity index (χ1n) is 8.82. The van der Waals surface area contributed by atoms with Crippen LogP contribution in [0.3, 0.4) is 0 Å². The van der Waals surface area contributed by atoms with Gasteiger partial charge in [-0.2, -0.15) is 0 Å². The van der Waals surface area contributed by atoms with Crippen molar-refractivity contribution in [3.8, 4) is 0 Å². The summed E-state index contributed by atoms with van der Waals surface area (Å²) in [5.74, 6) is -0.0489. The molecule has 1 atom stereocenters. The first-order valence-corrected chi connectivity index (χ1v) is 9.20. The Hall–Kier alpha value is -2.48. The Morgan fingerprint density at radius 3 is 2.37 bits per heavy atom. The molecule has 9 heteroatoms. The van der Waals surface area contributed by atoms with Crippen LogP contribution >= 0.6 is 11.6 Å². The summed E-state index contributed by atoms with van der Waals surface area (Å²) in [5.41, 5.74) is 0.167. The summed E-state index contributed by atoms with van der Waals surface area (Å²) in [4.78, 5) is 42.1. The smallest absolute Gasteiger partial charge is 0.321 e. The number of amides is 5. The molecular weight excluding hydrogens is 370 g/mol. The number of nitrogens with zero attached hydrogens (tertiary/aromatic N) is 3. The molecule has 2 aliphatic rings. The summed E-state index contributed by atoms with van der Waals surface area (Å²) in [7, 11) is 3.39. The van der Waals surface area contributed by atoms with E-state index in [1.165, 1.54) is 4.90 Å². The van der Waals surface area contributed by atoms with Crippen LogP contribution in [0, 0.1) is 5.41 Å². The summed E-state index contributed by atoms with van der Waals surface area (Å²) in [6.07, 6.45) is 0.301. The molecule has 0 saturated carbocycles. The molecule has 2 aliphatic heterocycles. The van der Waals surface area contributed by atoms with Gasteiger partial charge < -0.3 is 25.3 Å². The van der Waals surface area contributed by atoms with E-state index < -0.39 is 5.41 Å². The Balaban J connectivity index is 1.77. The van der Waals surface area contributed by atoms with Crippen LogP contribution in [-0.2, 0) is 4.79 Å². The molecule has 2 heterocycles. The molecule has 1 spiro atoms. The largest absolute Gasteiger partial charge is 0.355 e. The third-order valence-corrected chi connectivity index (χ3v) is 5.18. The van der Waals surface area contributed by atoms with Crippen LogP contribution in [0.15, 0.2) is 24.3 Å². The van der Waals surface area contributed by atoms with Crippen LogP contribution in [-0.4, -0.2) is 79.5 Å². The number of urea groups is 2. The Labute approximate surface area is 163 Å². The van der Waals surface area contributed by atoms with Crippen molar-refractivity contribution in [2.24, 2.45) is 5.41 Å². The van der Waals surface area contributed by atoms with Gasteiger partial charge in [-0.1, -0.05) is 11.6 Å². The summed E-state index contributed by atoms with van der Waals surface area (Å²) in [6, 6.07) is 6.51. The van der Waals surface area contributed by atoms with Gasteiger partial charge in [-0.3, -0.25) is 4.79 Å². The molecule has 1 aromatic rings. The standard InChI is InChI=1S/C18H24ClN5O3/c1-22(2)17(27)24-8-7-23(11-18(12-24)9-15(25)20-10-18)16(26)21-14-5-3-13(19)4-6-14/h3-6H,7-12H2,1-2H3,(H,20,25)(H,21,26). The van der Waals surface area contributed by atoms with Gasteiger partial charge >= 0.3 is 12.1 Å². The van der Waals surface area contributed by atoms with Crippen molar-refractivity contribution in [2.75, 3.05) is 52.1 Å². The van der Waals surface area contributed by atoms with Crippen molar-refractivity contribution in [3.05, 3.63) is 29.3 Å². The predicted molar refractivity (Wildman–Crippen MR) is 103 cm³/mol. The van der Waals surface area contributed by atoms with Crippen molar-refractivity contribution >= 4 is 35.3 Å². The molecule has 2 N–H and O–H groups in total. The Kier molecular flexibility index (Phi) is 5.46.